The van der Waals surface area contributed by atoms with Crippen molar-refractivity contribution in [1.82, 2.24) is 4.90 Å². The number of aromatic hydroxyl groups is 1. The molecule has 1 N–H and O–H groups in total. The first-order valence-corrected chi connectivity index (χ1v) is 17.4. The van der Waals surface area contributed by atoms with Crippen LogP contribution in [0.5, 0.6) is 5.75 Å². The Hall–Kier alpha value is -2.39. The van der Waals surface area contributed by atoms with Crippen molar-refractivity contribution in [2.75, 3.05) is 25.9 Å². The molecule has 1 fully saturated rings. The van der Waals surface area contributed by atoms with Gasteiger partial charge in [0.25, 0.3) is 0 Å². The lowest BCUT2D eigenvalue weighted by molar-refractivity contribution is -0.0328. The Labute approximate surface area is 254 Å². The molecule has 0 atom stereocenters. The average molecular weight is 624 g/mol. The minimum Gasteiger partial charge on any atom is -0.505 e. The van der Waals surface area contributed by atoms with Crippen LogP contribution in [0, 0.1) is 11.6 Å². The summed E-state index contributed by atoms with van der Waals surface area (Å²) in [6.07, 6.45) is 7.92. The van der Waals surface area contributed by atoms with Gasteiger partial charge in [0.05, 0.1) is 11.0 Å². The van der Waals surface area contributed by atoms with Crippen LogP contribution >= 0.6 is 0 Å². The van der Waals surface area contributed by atoms with Crippen LogP contribution in [-0.4, -0.2) is 55.5 Å². The topological polar surface area (TPSA) is 57.6 Å². The van der Waals surface area contributed by atoms with Gasteiger partial charge in [-0.3, -0.25) is 0 Å². The Morgan fingerprint density at radius 1 is 0.907 bits per heavy atom. The maximum absolute atomic E-state index is 14.5. The molecule has 0 unspecified atom stereocenters. The molecule has 0 spiro atoms. The van der Waals surface area contributed by atoms with E-state index in [1.54, 1.807) is 18.2 Å². The third kappa shape index (κ3) is 9.55. The number of phenols is 1. The number of rotatable bonds is 14. The average Bonchev–Trinajstić information content (AvgIpc) is 3.12. The summed E-state index contributed by atoms with van der Waals surface area (Å²) in [4.78, 5) is 2.21. The minimum absolute atomic E-state index is 0.0626. The molecule has 0 aromatic heterocycles. The fourth-order valence-corrected chi connectivity index (χ4v) is 8.38. The van der Waals surface area contributed by atoms with Crippen LogP contribution in [0.2, 0.25) is 0 Å². The monoisotopic (exact) mass is 623 g/mol. The smallest absolute Gasteiger partial charge is 0.248 e. The third-order valence-electron chi connectivity index (χ3n) is 9.03. The Balaban J connectivity index is 1.22. The fourth-order valence-electron chi connectivity index (χ4n) is 6.49. The van der Waals surface area contributed by atoms with E-state index in [-0.39, 0.29) is 43.0 Å². The van der Waals surface area contributed by atoms with Crippen LogP contribution in [0.4, 0.5) is 17.6 Å². The van der Waals surface area contributed by atoms with E-state index in [4.69, 9.17) is 0 Å². The first kappa shape index (κ1) is 33.5. The maximum Gasteiger partial charge on any atom is 0.248 e. The van der Waals surface area contributed by atoms with Gasteiger partial charge in [0, 0.05) is 12.8 Å². The number of benzene rings is 2. The highest BCUT2D eigenvalue weighted by molar-refractivity contribution is 7.92. The molecule has 9 heteroatoms. The lowest BCUT2D eigenvalue weighted by Gasteiger charge is -2.28. The number of alkyl halides is 2. The van der Waals surface area contributed by atoms with E-state index in [0.717, 1.165) is 98.7 Å². The molecule has 0 amide bonds. The van der Waals surface area contributed by atoms with Gasteiger partial charge in [-0.1, -0.05) is 25.0 Å². The van der Waals surface area contributed by atoms with Gasteiger partial charge in [-0.2, -0.15) is 0 Å². The highest BCUT2D eigenvalue weighted by atomic mass is 32.2. The summed E-state index contributed by atoms with van der Waals surface area (Å²) in [7, 11) is -1.29. The highest BCUT2D eigenvalue weighted by Gasteiger charge is 2.39. The predicted molar refractivity (Wildman–Crippen MR) is 165 cm³/mol. The predicted octanol–water partition coefficient (Wildman–Crippen LogP) is 8.57. The van der Waals surface area contributed by atoms with Crippen molar-refractivity contribution in [3.8, 4) is 5.75 Å². The summed E-state index contributed by atoms with van der Waals surface area (Å²) in [5.74, 6) is -3.90. The summed E-state index contributed by atoms with van der Waals surface area (Å²) in [6, 6.07) is 9.48. The zero-order chi connectivity index (χ0) is 31.0. The van der Waals surface area contributed by atoms with E-state index >= 15 is 0 Å². The van der Waals surface area contributed by atoms with Crippen molar-refractivity contribution < 1.29 is 31.1 Å². The fraction of sp³-hybridized carbons (Fsp3) is 0.588. The van der Waals surface area contributed by atoms with Gasteiger partial charge < -0.3 is 10.0 Å². The molecular formula is C34H45F4NO3S. The van der Waals surface area contributed by atoms with Crippen molar-refractivity contribution in [2.24, 2.45) is 0 Å². The zero-order valence-electron chi connectivity index (χ0n) is 25.2. The lowest BCUT2D eigenvalue weighted by atomic mass is 9.89. The standard InChI is InChI=1S/C34H45F4NO3S/c1-39(21-6-7-22-43(41,42)28-16-18-34(37,38)19-17-28)20-5-3-2-4-10-30-29(25-12-14-27(35)15-13-25)11-8-9-26-23-33(40)32(36)24-31(26)30/h12-15,23-24,28,40H,2-11,16-22H2,1H3. The summed E-state index contributed by atoms with van der Waals surface area (Å²) in [5.41, 5.74) is 4.93. The second-order valence-corrected chi connectivity index (χ2v) is 14.8. The number of aryl methyl sites for hydroxylation is 1. The van der Waals surface area contributed by atoms with E-state index in [0.29, 0.717) is 6.42 Å². The second-order valence-electron chi connectivity index (χ2n) is 12.4. The van der Waals surface area contributed by atoms with Crippen LogP contribution in [0.1, 0.15) is 100 Å². The number of phenolic OH excluding ortho intramolecular Hbond substituents is 1. The van der Waals surface area contributed by atoms with Gasteiger partial charge >= 0.3 is 0 Å². The largest absolute Gasteiger partial charge is 0.505 e. The molecule has 2 aromatic carbocycles. The molecule has 2 aromatic rings. The number of fused-ring (bicyclic) bond motifs is 1. The summed E-state index contributed by atoms with van der Waals surface area (Å²) in [5, 5.41) is 9.35. The van der Waals surface area contributed by atoms with Crippen molar-refractivity contribution in [2.45, 2.75) is 101 Å². The van der Waals surface area contributed by atoms with Crippen molar-refractivity contribution >= 4 is 21.0 Å². The van der Waals surface area contributed by atoms with Gasteiger partial charge in [0.2, 0.25) is 5.92 Å². The van der Waals surface area contributed by atoms with Gasteiger partial charge in [0.1, 0.15) is 5.82 Å². The maximum atomic E-state index is 14.5. The zero-order valence-corrected chi connectivity index (χ0v) is 26.0. The third-order valence-corrected chi connectivity index (χ3v) is 11.4. The van der Waals surface area contributed by atoms with Gasteiger partial charge in [-0.15, -0.1) is 0 Å². The molecule has 1 saturated carbocycles. The quantitative estimate of drug-likeness (QED) is 0.169. The number of sulfone groups is 1. The number of allylic oxidation sites excluding steroid dienone is 2. The number of hydrogen-bond donors (Lipinski definition) is 1. The number of hydrogen-bond acceptors (Lipinski definition) is 4. The van der Waals surface area contributed by atoms with Crippen LogP contribution < -0.4 is 0 Å². The number of halogens is 4. The Bertz CT molecular complexity index is 1350. The molecule has 2 aliphatic rings. The van der Waals surface area contributed by atoms with Gasteiger partial charge in [0.15, 0.2) is 21.4 Å². The summed E-state index contributed by atoms with van der Waals surface area (Å²) in [6.45, 7) is 1.70. The number of nitrogens with zero attached hydrogens (tertiary/aromatic N) is 1. The molecule has 2 aliphatic carbocycles. The Kier molecular flexibility index (Phi) is 11.7. The van der Waals surface area contributed by atoms with Gasteiger partial charge in [-0.05, 0) is 136 Å². The number of unbranched alkanes of at least 4 members (excludes halogenated alkanes) is 4. The first-order chi connectivity index (χ1) is 20.4. The Morgan fingerprint density at radius 3 is 2.26 bits per heavy atom. The molecule has 4 rings (SSSR count). The normalized spacial score (nSPS) is 17.7. The molecular weight excluding hydrogens is 578 g/mol. The molecule has 238 valence electrons. The summed E-state index contributed by atoms with van der Waals surface area (Å²) >= 11 is 0. The SMILES string of the molecule is CN(CCCCCCC1=C(c2ccc(F)cc2)CCCc2cc(O)c(F)cc21)CCCCS(=O)(=O)C1CCC(F)(F)CC1. The molecule has 0 aliphatic heterocycles. The van der Waals surface area contributed by atoms with Crippen LogP contribution in [0.25, 0.3) is 11.1 Å². The van der Waals surface area contributed by atoms with Crippen LogP contribution in [-0.2, 0) is 16.3 Å². The van der Waals surface area contributed by atoms with E-state index in [1.807, 2.05) is 7.05 Å². The van der Waals surface area contributed by atoms with E-state index in [1.165, 1.54) is 18.2 Å². The molecule has 0 saturated heterocycles. The Morgan fingerprint density at radius 2 is 1.56 bits per heavy atom. The van der Waals surface area contributed by atoms with Crippen molar-refractivity contribution in [3.63, 3.8) is 0 Å². The molecule has 0 heterocycles. The van der Waals surface area contributed by atoms with Crippen molar-refractivity contribution in [3.05, 3.63) is 64.7 Å². The molecule has 0 bridgehead atoms. The van der Waals surface area contributed by atoms with Gasteiger partial charge in [-0.25, -0.2) is 26.0 Å². The molecule has 43 heavy (non-hydrogen) atoms. The van der Waals surface area contributed by atoms with Crippen LogP contribution in [0.3, 0.4) is 0 Å². The summed E-state index contributed by atoms with van der Waals surface area (Å²) < 4.78 is 79.9. The second kappa shape index (κ2) is 15.1. The lowest BCUT2D eigenvalue weighted by Crippen LogP contribution is -2.34. The van der Waals surface area contributed by atoms with Crippen molar-refractivity contribution in [1.29, 1.82) is 0 Å². The van der Waals surface area contributed by atoms with E-state index < -0.39 is 26.8 Å². The molecule has 4 nitrogen and oxygen atoms in total. The van der Waals surface area contributed by atoms with Crippen LogP contribution in [0.15, 0.2) is 36.4 Å². The molecule has 0 radical (unpaired) electrons. The van der Waals surface area contributed by atoms with E-state index in [9.17, 15) is 31.1 Å². The highest BCUT2D eigenvalue weighted by Crippen LogP contribution is 2.40. The van der Waals surface area contributed by atoms with E-state index in [2.05, 4.69) is 4.90 Å². The first-order valence-electron chi connectivity index (χ1n) is 15.7. The minimum atomic E-state index is -3.32.